The second kappa shape index (κ2) is 4.33. The van der Waals surface area contributed by atoms with Crippen molar-refractivity contribution in [2.24, 2.45) is 0 Å². The van der Waals surface area contributed by atoms with Gasteiger partial charge in [0.25, 0.3) is 0 Å². The highest BCUT2D eigenvalue weighted by atomic mass is 79.9. The largest absolute Gasteiger partial charge is 0.246 e. The average Bonchev–Trinajstić information content (AvgIpc) is 2.03. The number of halogens is 4. The second-order valence-corrected chi connectivity index (χ2v) is 4.01. The third-order valence-corrected chi connectivity index (χ3v) is 2.90. The first kappa shape index (κ1) is 10.1. The van der Waals surface area contributed by atoms with E-state index in [1.807, 2.05) is 0 Å². The fraction of sp³-hybridized carbons (Fsp3) is 0.250. The quantitative estimate of drug-likeness (QED) is 0.769. The van der Waals surface area contributed by atoms with Gasteiger partial charge in [-0.25, -0.2) is 8.78 Å². The molecule has 0 saturated heterocycles. The number of rotatable bonds is 2. The molecule has 0 aliphatic carbocycles. The molecule has 0 unspecified atom stereocenters. The maximum absolute atomic E-state index is 12.3. The van der Waals surface area contributed by atoms with Crippen molar-refractivity contribution >= 4 is 31.9 Å². The summed E-state index contributed by atoms with van der Waals surface area (Å²) in [6.07, 6.45) is 0. The van der Waals surface area contributed by atoms with E-state index in [9.17, 15) is 8.78 Å². The topological polar surface area (TPSA) is 0 Å². The van der Waals surface area contributed by atoms with Crippen LogP contribution in [-0.2, 0) is 13.3 Å². The van der Waals surface area contributed by atoms with Crippen LogP contribution in [0.25, 0.3) is 0 Å². The summed E-state index contributed by atoms with van der Waals surface area (Å²) in [4.78, 5) is 0. The molecule has 0 aliphatic heterocycles. The zero-order valence-electron chi connectivity index (χ0n) is 6.08. The van der Waals surface area contributed by atoms with Gasteiger partial charge in [0, 0.05) is 14.5 Å². The number of benzene rings is 1. The lowest BCUT2D eigenvalue weighted by molar-refractivity contribution is 0.476. The van der Waals surface area contributed by atoms with E-state index in [0.717, 1.165) is 0 Å². The fourth-order valence-electron chi connectivity index (χ4n) is 0.860. The van der Waals surface area contributed by atoms with Crippen molar-refractivity contribution in [2.75, 3.05) is 0 Å². The second-order valence-electron chi connectivity index (χ2n) is 2.31. The van der Waals surface area contributed by atoms with Crippen molar-refractivity contribution in [3.05, 3.63) is 32.2 Å². The molecule has 0 spiro atoms. The molecule has 12 heavy (non-hydrogen) atoms. The summed E-state index contributed by atoms with van der Waals surface area (Å²) in [5.74, 6) is 0. The smallest absolute Gasteiger partial charge is 0.117 e. The summed E-state index contributed by atoms with van der Waals surface area (Å²) >= 11 is 6.32. The van der Waals surface area contributed by atoms with Gasteiger partial charge < -0.3 is 0 Å². The summed E-state index contributed by atoms with van der Waals surface area (Å²) in [6, 6.07) is 3.17. The van der Waals surface area contributed by atoms with Gasteiger partial charge in [0.15, 0.2) is 0 Å². The molecule has 0 fully saturated rings. The average molecular weight is 300 g/mol. The summed E-state index contributed by atoms with van der Waals surface area (Å²) in [5, 5.41) is 0. The van der Waals surface area contributed by atoms with E-state index in [1.165, 1.54) is 0 Å². The summed E-state index contributed by atoms with van der Waals surface area (Å²) in [7, 11) is 0. The van der Waals surface area contributed by atoms with Crippen LogP contribution in [0, 0.1) is 0 Å². The van der Waals surface area contributed by atoms with Crippen LogP contribution < -0.4 is 0 Å². The van der Waals surface area contributed by atoms with Crippen molar-refractivity contribution in [1.82, 2.24) is 0 Å². The minimum Gasteiger partial charge on any atom is -0.246 e. The van der Waals surface area contributed by atoms with E-state index >= 15 is 0 Å². The van der Waals surface area contributed by atoms with Gasteiger partial charge in [-0.15, -0.1) is 0 Å². The molecule has 1 aromatic carbocycles. The zero-order chi connectivity index (χ0) is 9.14. The van der Waals surface area contributed by atoms with Gasteiger partial charge in [0.2, 0.25) is 0 Å². The van der Waals surface area contributed by atoms with Crippen molar-refractivity contribution in [2.45, 2.75) is 13.3 Å². The van der Waals surface area contributed by atoms with E-state index in [0.29, 0.717) is 20.1 Å². The molecule has 0 atom stereocenters. The van der Waals surface area contributed by atoms with Crippen molar-refractivity contribution in [1.29, 1.82) is 0 Å². The number of alkyl halides is 2. The molecular formula is C8H6Br2F2. The van der Waals surface area contributed by atoms with Gasteiger partial charge >= 0.3 is 0 Å². The predicted octanol–water partition coefficient (Wildman–Crippen LogP) is 4.15. The van der Waals surface area contributed by atoms with Crippen LogP contribution in [0.4, 0.5) is 8.78 Å². The normalized spacial score (nSPS) is 10.3. The lowest BCUT2D eigenvalue weighted by Gasteiger charge is -2.04. The fourth-order valence-corrected chi connectivity index (χ4v) is 2.35. The summed E-state index contributed by atoms with van der Waals surface area (Å²) in [6.45, 7) is -1.10. The Morgan fingerprint density at radius 2 is 1.50 bits per heavy atom. The Hall–Kier alpha value is 0.0400. The SMILES string of the molecule is FCc1cc(Br)c(CF)c(Br)c1. The maximum Gasteiger partial charge on any atom is 0.117 e. The van der Waals surface area contributed by atoms with E-state index < -0.39 is 13.3 Å². The molecule has 4 heteroatoms. The Bertz CT molecular complexity index is 263. The van der Waals surface area contributed by atoms with Crippen LogP contribution in [0.15, 0.2) is 21.1 Å². The minimum absolute atomic E-state index is 0.521. The van der Waals surface area contributed by atoms with Gasteiger partial charge in [-0.1, -0.05) is 31.9 Å². The number of hydrogen-bond acceptors (Lipinski definition) is 0. The van der Waals surface area contributed by atoms with E-state index in [4.69, 9.17) is 0 Å². The molecule has 0 amide bonds. The highest BCUT2D eigenvalue weighted by Crippen LogP contribution is 2.28. The molecule has 0 nitrogen and oxygen atoms in total. The van der Waals surface area contributed by atoms with Gasteiger partial charge in [-0.3, -0.25) is 0 Å². The standard InChI is InChI=1S/C8H6Br2F2/c9-7-1-5(3-11)2-8(10)6(7)4-12/h1-2H,3-4H2. The first-order valence-electron chi connectivity index (χ1n) is 3.27. The van der Waals surface area contributed by atoms with E-state index in [1.54, 1.807) is 12.1 Å². The molecule has 66 valence electrons. The van der Waals surface area contributed by atoms with Crippen molar-refractivity contribution in [3.8, 4) is 0 Å². The van der Waals surface area contributed by atoms with Gasteiger partial charge in [0.05, 0.1) is 0 Å². The van der Waals surface area contributed by atoms with E-state index in [-0.39, 0.29) is 0 Å². The monoisotopic (exact) mass is 298 g/mol. The van der Waals surface area contributed by atoms with Crippen LogP contribution in [0.1, 0.15) is 11.1 Å². The molecule has 0 radical (unpaired) electrons. The van der Waals surface area contributed by atoms with Gasteiger partial charge in [-0.2, -0.15) is 0 Å². The molecule has 1 aromatic rings. The third kappa shape index (κ3) is 2.04. The molecule has 1 rings (SSSR count). The minimum atomic E-state index is -0.562. The van der Waals surface area contributed by atoms with Crippen molar-refractivity contribution < 1.29 is 8.78 Å². The summed E-state index contributed by atoms with van der Waals surface area (Å²) < 4.78 is 25.7. The molecule has 0 aromatic heterocycles. The lowest BCUT2D eigenvalue weighted by Crippen LogP contribution is -1.87. The lowest BCUT2D eigenvalue weighted by atomic mass is 10.2. The molecule has 0 heterocycles. The first-order chi connectivity index (χ1) is 5.69. The van der Waals surface area contributed by atoms with Gasteiger partial charge in [0.1, 0.15) is 13.3 Å². The molecule has 0 saturated carbocycles. The molecule has 0 N–H and O–H groups in total. The zero-order valence-corrected chi connectivity index (χ0v) is 9.25. The number of hydrogen-bond donors (Lipinski definition) is 0. The van der Waals surface area contributed by atoms with Crippen LogP contribution >= 0.6 is 31.9 Å². The Morgan fingerprint density at radius 3 is 1.83 bits per heavy atom. The van der Waals surface area contributed by atoms with Crippen molar-refractivity contribution in [3.63, 3.8) is 0 Å². The molecular weight excluding hydrogens is 294 g/mol. The first-order valence-corrected chi connectivity index (χ1v) is 4.86. The highest BCUT2D eigenvalue weighted by Gasteiger charge is 2.06. The van der Waals surface area contributed by atoms with Crippen LogP contribution in [0.3, 0.4) is 0 Å². The molecule has 0 aliphatic rings. The Balaban J connectivity index is 3.18. The van der Waals surface area contributed by atoms with E-state index in [2.05, 4.69) is 31.9 Å². The maximum atomic E-state index is 12.3. The van der Waals surface area contributed by atoms with Gasteiger partial charge in [-0.05, 0) is 17.7 Å². The van der Waals surface area contributed by atoms with Crippen LogP contribution in [0.5, 0.6) is 0 Å². The predicted molar refractivity (Wildman–Crippen MR) is 51.5 cm³/mol. The molecule has 0 bridgehead atoms. The Morgan fingerprint density at radius 1 is 1.00 bits per heavy atom. The van der Waals surface area contributed by atoms with Crippen LogP contribution in [-0.4, -0.2) is 0 Å². The summed E-state index contributed by atoms with van der Waals surface area (Å²) in [5.41, 5.74) is 1.05. The Kier molecular flexibility index (Phi) is 3.65. The Labute approximate surface area is 86.2 Å². The highest BCUT2D eigenvalue weighted by molar-refractivity contribution is 9.11. The third-order valence-electron chi connectivity index (χ3n) is 1.49. The van der Waals surface area contributed by atoms with Crippen LogP contribution in [0.2, 0.25) is 0 Å².